The quantitative estimate of drug-likeness (QED) is 0.362. The molecule has 0 saturated heterocycles. The van der Waals surface area contributed by atoms with Crippen molar-refractivity contribution < 1.29 is 27.9 Å². The van der Waals surface area contributed by atoms with E-state index in [1.807, 2.05) is 0 Å². The van der Waals surface area contributed by atoms with Crippen molar-refractivity contribution in [1.82, 2.24) is 4.90 Å². The first-order valence-corrected chi connectivity index (χ1v) is 12.6. The van der Waals surface area contributed by atoms with Crippen molar-refractivity contribution in [2.24, 2.45) is 0 Å². The van der Waals surface area contributed by atoms with Gasteiger partial charge in [-0.25, -0.2) is 0 Å². The van der Waals surface area contributed by atoms with Gasteiger partial charge in [0.15, 0.2) is 0 Å². The van der Waals surface area contributed by atoms with Gasteiger partial charge in [0, 0.05) is 12.1 Å². The lowest BCUT2D eigenvalue weighted by Crippen LogP contribution is -2.58. The largest absolute Gasteiger partial charge is 0.481 e. The maximum absolute atomic E-state index is 13.9. The van der Waals surface area contributed by atoms with Crippen LogP contribution in [-0.4, -0.2) is 27.4 Å². The molecule has 1 atom stereocenters. The van der Waals surface area contributed by atoms with Gasteiger partial charge in [-0.1, -0.05) is 66.4 Å². The number of hydrogen-bond donors (Lipinski definition) is 1. The van der Waals surface area contributed by atoms with Gasteiger partial charge in [0.2, 0.25) is 0 Å². The van der Waals surface area contributed by atoms with Crippen LogP contribution in [0.5, 0.6) is 0 Å². The molecule has 192 valence electrons. The molecule has 1 saturated carbocycles. The van der Waals surface area contributed by atoms with E-state index in [0.717, 1.165) is 18.9 Å². The minimum atomic E-state index is -4.59. The lowest BCUT2D eigenvalue weighted by Gasteiger charge is -2.49. The van der Waals surface area contributed by atoms with Gasteiger partial charge in [-0.05, 0) is 65.4 Å². The Bertz CT molecular complexity index is 1400. The van der Waals surface area contributed by atoms with Crippen LogP contribution in [0.1, 0.15) is 58.6 Å². The van der Waals surface area contributed by atoms with E-state index >= 15 is 0 Å². The zero-order valence-corrected chi connectivity index (χ0v) is 21.0. The first-order valence-electron chi connectivity index (χ1n) is 11.8. The Hall–Kier alpha value is -3.03. The molecule has 37 heavy (non-hydrogen) atoms. The molecule has 9 heteroatoms. The van der Waals surface area contributed by atoms with E-state index in [2.05, 4.69) is 0 Å². The standard InChI is InChI=1S/C28H22Cl2F3NO3/c29-22-10-7-16(13-23(22)30)15-34-25(35)19-9-8-17(18-5-1-2-6-21(18)28(31,32)33)14-20(19)24(26(36)37)27(34)11-3-4-12-27/h1-2,5-10,13-14,24H,3-4,11-12,15H2,(H,36,37). The molecule has 1 amide bonds. The molecule has 2 aliphatic rings. The SMILES string of the molecule is O=C(O)C1c2cc(-c3ccccc3C(F)(F)F)ccc2C(=O)N(Cc2ccc(Cl)c(Cl)c2)C12CCCC2. The van der Waals surface area contributed by atoms with Crippen molar-refractivity contribution in [2.45, 2.75) is 49.9 Å². The topological polar surface area (TPSA) is 57.6 Å². The van der Waals surface area contributed by atoms with Crippen molar-refractivity contribution in [2.75, 3.05) is 0 Å². The molecule has 4 nitrogen and oxygen atoms in total. The van der Waals surface area contributed by atoms with E-state index in [1.165, 1.54) is 36.4 Å². The second kappa shape index (κ2) is 9.37. The van der Waals surface area contributed by atoms with Crippen molar-refractivity contribution in [1.29, 1.82) is 0 Å². The molecule has 1 aliphatic heterocycles. The number of carboxylic acids is 1. The summed E-state index contributed by atoms with van der Waals surface area (Å²) in [6.07, 6.45) is -2.17. The van der Waals surface area contributed by atoms with Crippen LogP contribution in [-0.2, 0) is 17.5 Å². The molecule has 0 bridgehead atoms. The first-order chi connectivity index (χ1) is 17.5. The van der Waals surface area contributed by atoms with E-state index < -0.39 is 29.2 Å². The fourth-order valence-electron chi connectivity index (χ4n) is 5.90. The third kappa shape index (κ3) is 4.38. The summed E-state index contributed by atoms with van der Waals surface area (Å²) in [5.74, 6) is -2.56. The maximum atomic E-state index is 13.9. The van der Waals surface area contributed by atoms with Crippen LogP contribution in [0.4, 0.5) is 13.2 Å². The summed E-state index contributed by atoms with van der Waals surface area (Å²) < 4.78 is 41.2. The van der Waals surface area contributed by atoms with Crippen LogP contribution >= 0.6 is 23.2 Å². The monoisotopic (exact) mass is 547 g/mol. The van der Waals surface area contributed by atoms with E-state index in [0.29, 0.717) is 28.5 Å². The van der Waals surface area contributed by atoms with Crippen LogP contribution in [0.15, 0.2) is 60.7 Å². The fraction of sp³-hybridized carbons (Fsp3) is 0.286. The van der Waals surface area contributed by atoms with Crippen molar-refractivity contribution in [3.05, 3.63) is 93.0 Å². The van der Waals surface area contributed by atoms with Crippen LogP contribution < -0.4 is 0 Å². The Morgan fingerprint density at radius 1 is 0.973 bits per heavy atom. The minimum Gasteiger partial charge on any atom is -0.481 e. The number of amides is 1. The maximum Gasteiger partial charge on any atom is 0.417 e. The van der Waals surface area contributed by atoms with Crippen LogP contribution in [0.25, 0.3) is 11.1 Å². The van der Waals surface area contributed by atoms with Crippen molar-refractivity contribution >= 4 is 35.1 Å². The van der Waals surface area contributed by atoms with Crippen LogP contribution in [0.3, 0.4) is 0 Å². The van der Waals surface area contributed by atoms with E-state index in [9.17, 15) is 27.9 Å². The fourth-order valence-corrected chi connectivity index (χ4v) is 6.22. The average Bonchev–Trinajstić information content (AvgIpc) is 3.33. The van der Waals surface area contributed by atoms with Gasteiger partial charge in [0.05, 0.1) is 21.1 Å². The van der Waals surface area contributed by atoms with Gasteiger partial charge < -0.3 is 10.0 Å². The third-order valence-electron chi connectivity index (χ3n) is 7.50. The van der Waals surface area contributed by atoms with Gasteiger partial charge in [0.1, 0.15) is 5.92 Å². The zero-order valence-electron chi connectivity index (χ0n) is 19.5. The number of alkyl halides is 3. The summed E-state index contributed by atoms with van der Waals surface area (Å²) in [6.45, 7) is 0.137. The van der Waals surface area contributed by atoms with E-state index in [4.69, 9.17) is 23.2 Å². The number of hydrogen-bond acceptors (Lipinski definition) is 2. The number of carbonyl (C=O) groups is 2. The van der Waals surface area contributed by atoms with Gasteiger partial charge in [0.25, 0.3) is 5.91 Å². The Morgan fingerprint density at radius 2 is 1.68 bits per heavy atom. The lowest BCUT2D eigenvalue weighted by molar-refractivity contribution is -0.143. The van der Waals surface area contributed by atoms with Gasteiger partial charge in [-0.2, -0.15) is 13.2 Å². The molecular weight excluding hydrogens is 526 g/mol. The molecule has 1 aliphatic carbocycles. The van der Waals surface area contributed by atoms with Gasteiger partial charge in [-0.3, -0.25) is 9.59 Å². The average molecular weight is 548 g/mol. The number of aliphatic carboxylic acids is 1. The molecule has 3 aromatic carbocycles. The highest BCUT2D eigenvalue weighted by Gasteiger charge is 2.56. The number of benzene rings is 3. The predicted octanol–water partition coefficient (Wildman–Crippen LogP) is 7.82. The molecule has 1 heterocycles. The molecule has 0 radical (unpaired) electrons. The molecular formula is C28H22Cl2F3NO3. The molecule has 0 aromatic heterocycles. The summed E-state index contributed by atoms with van der Waals surface area (Å²) in [5, 5.41) is 11.1. The normalized spacial score (nSPS) is 18.8. The Labute approximate surface area is 221 Å². The van der Waals surface area contributed by atoms with E-state index in [1.54, 1.807) is 23.1 Å². The number of nitrogens with zero attached hydrogens (tertiary/aromatic N) is 1. The lowest BCUT2D eigenvalue weighted by atomic mass is 9.70. The third-order valence-corrected chi connectivity index (χ3v) is 8.24. The van der Waals surface area contributed by atoms with Crippen LogP contribution in [0.2, 0.25) is 10.0 Å². The number of rotatable bonds is 4. The molecule has 1 spiro atoms. The predicted molar refractivity (Wildman–Crippen MR) is 135 cm³/mol. The molecule has 1 fully saturated rings. The number of fused-ring (bicyclic) bond motifs is 1. The highest BCUT2D eigenvalue weighted by Crippen LogP contribution is 2.52. The van der Waals surface area contributed by atoms with Crippen molar-refractivity contribution in [3.8, 4) is 11.1 Å². The van der Waals surface area contributed by atoms with Crippen molar-refractivity contribution in [3.63, 3.8) is 0 Å². The van der Waals surface area contributed by atoms with Crippen LogP contribution in [0, 0.1) is 0 Å². The summed E-state index contributed by atoms with van der Waals surface area (Å²) >= 11 is 12.2. The number of halogens is 5. The molecule has 1 unspecified atom stereocenters. The summed E-state index contributed by atoms with van der Waals surface area (Å²) in [7, 11) is 0. The molecule has 5 rings (SSSR count). The molecule has 3 aromatic rings. The minimum absolute atomic E-state index is 0.0619. The number of carboxylic acid groups (broad SMARTS) is 1. The summed E-state index contributed by atoms with van der Waals surface area (Å²) in [5.41, 5.74) is -0.537. The Kier molecular flexibility index (Phi) is 6.49. The summed E-state index contributed by atoms with van der Waals surface area (Å²) in [4.78, 5) is 28.3. The van der Waals surface area contributed by atoms with Gasteiger partial charge in [-0.15, -0.1) is 0 Å². The highest BCUT2D eigenvalue weighted by atomic mass is 35.5. The van der Waals surface area contributed by atoms with Gasteiger partial charge >= 0.3 is 12.1 Å². The Morgan fingerprint density at radius 3 is 2.32 bits per heavy atom. The zero-order chi connectivity index (χ0) is 26.5. The Balaban J connectivity index is 1.66. The number of carbonyl (C=O) groups excluding carboxylic acids is 1. The summed E-state index contributed by atoms with van der Waals surface area (Å²) in [6, 6.07) is 14.5. The second-order valence-electron chi connectivity index (χ2n) is 9.57. The molecule has 1 N–H and O–H groups in total. The van der Waals surface area contributed by atoms with E-state index in [-0.39, 0.29) is 34.7 Å². The highest BCUT2D eigenvalue weighted by molar-refractivity contribution is 6.42. The second-order valence-corrected chi connectivity index (χ2v) is 10.4. The first kappa shape index (κ1) is 25.6. The smallest absolute Gasteiger partial charge is 0.417 e.